The van der Waals surface area contributed by atoms with E-state index in [-0.39, 0.29) is 17.5 Å². The maximum Gasteiger partial charge on any atom is 0.124 e. The number of hydrogen-bond donors (Lipinski definition) is 2. The molecule has 0 bridgehead atoms. The highest BCUT2D eigenvalue weighted by Gasteiger charge is 2.24. The molecular formula is C17H19ClFNO. The highest BCUT2D eigenvalue weighted by molar-refractivity contribution is 6.31. The molecule has 0 heterocycles. The quantitative estimate of drug-likeness (QED) is 0.900. The maximum absolute atomic E-state index is 13.2. The van der Waals surface area contributed by atoms with E-state index in [9.17, 15) is 9.50 Å². The first kappa shape index (κ1) is 16.0. The van der Waals surface area contributed by atoms with Gasteiger partial charge in [-0.1, -0.05) is 47.0 Å². The fraction of sp³-hybridized carbons (Fsp3) is 0.294. The Labute approximate surface area is 129 Å². The third-order valence-electron chi connectivity index (χ3n) is 3.58. The van der Waals surface area contributed by atoms with Gasteiger partial charge in [0.15, 0.2) is 0 Å². The van der Waals surface area contributed by atoms with E-state index in [2.05, 4.69) is 0 Å². The molecule has 2 rings (SSSR count). The Hall–Kier alpha value is -1.42. The van der Waals surface area contributed by atoms with Crippen LogP contribution in [0.25, 0.3) is 0 Å². The molecule has 0 radical (unpaired) electrons. The molecule has 0 aliphatic heterocycles. The molecular weight excluding hydrogens is 289 g/mol. The number of benzene rings is 2. The molecule has 0 aromatic heterocycles. The van der Waals surface area contributed by atoms with E-state index in [0.29, 0.717) is 5.56 Å². The van der Waals surface area contributed by atoms with Crippen LogP contribution in [0.3, 0.4) is 0 Å². The number of rotatable bonds is 4. The van der Waals surface area contributed by atoms with Crippen LogP contribution in [-0.4, -0.2) is 11.7 Å². The minimum atomic E-state index is -0.781. The molecule has 0 amide bonds. The summed E-state index contributed by atoms with van der Waals surface area (Å²) in [5, 5.41) is 10.9. The van der Waals surface area contributed by atoms with Crippen LogP contribution in [0, 0.1) is 19.7 Å². The lowest BCUT2D eigenvalue weighted by atomic mass is 9.88. The third kappa shape index (κ3) is 3.62. The van der Waals surface area contributed by atoms with Crippen molar-refractivity contribution in [2.45, 2.75) is 25.9 Å². The van der Waals surface area contributed by atoms with E-state index >= 15 is 0 Å². The standard InChI is InChI=1S/C17H19ClFNO/c1-10-5-11(2)7-12(6-10)17(21)15(9-20)14-4-3-13(19)8-16(14)18/h3-8,15,17,21H,9,20H2,1-2H3. The predicted molar refractivity (Wildman–Crippen MR) is 84.1 cm³/mol. The maximum atomic E-state index is 13.2. The summed E-state index contributed by atoms with van der Waals surface area (Å²) in [6.07, 6.45) is -0.781. The fourth-order valence-corrected chi connectivity index (χ4v) is 2.95. The molecule has 3 N–H and O–H groups in total. The topological polar surface area (TPSA) is 46.2 Å². The van der Waals surface area contributed by atoms with Gasteiger partial charge in [-0.05, 0) is 37.1 Å². The van der Waals surface area contributed by atoms with Crippen LogP contribution < -0.4 is 5.73 Å². The average Bonchev–Trinajstić information content (AvgIpc) is 2.40. The molecule has 2 unspecified atom stereocenters. The summed E-state index contributed by atoms with van der Waals surface area (Å²) in [7, 11) is 0. The number of aryl methyl sites for hydroxylation is 2. The van der Waals surface area contributed by atoms with Gasteiger partial charge in [-0.2, -0.15) is 0 Å². The summed E-state index contributed by atoms with van der Waals surface area (Å²) in [5.74, 6) is -0.778. The molecule has 0 aliphatic rings. The lowest BCUT2D eigenvalue weighted by Crippen LogP contribution is -2.20. The summed E-state index contributed by atoms with van der Waals surface area (Å²) in [6.45, 7) is 4.18. The molecule has 2 nitrogen and oxygen atoms in total. The molecule has 2 aromatic carbocycles. The van der Waals surface area contributed by atoms with E-state index in [0.717, 1.165) is 16.7 Å². The lowest BCUT2D eigenvalue weighted by molar-refractivity contribution is 0.147. The molecule has 2 atom stereocenters. The highest BCUT2D eigenvalue weighted by atomic mass is 35.5. The van der Waals surface area contributed by atoms with Gasteiger partial charge < -0.3 is 10.8 Å². The van der Waals surface area contributed by atoms with Crippen LogP contribution in [0.2, 0.25) is 5.02 Å². The second-order valence-electron chi connectivity index (χ2n) is 5.37. The first-order valence-corrected chi connectivity index (χ1v) is 7.21. The van der Waals surface area contributed by atoms with Crippen LogP contribution in [0.4, 0.5) is 4.39 Å². The normalized spacial score (nSPS) is 14.0. The van der Waals surface area contributed by atoms with Crippen LogP contribution in [0.1, 0.15) is 34.3 Å². The van der Waals surface area contributed by atoms with Crippen molar-refractivity contribution in [3.8, 4) is 0 Å². The minimum Gasteiger partial charge on any atom is -0.388 e. The van der Waals surface area contributed by atoms with E-state index in [4.69, 9.17) is 17.3 Å². The zero-order valence-corrected chi connectivity index (χ0v) is 12.9. The van der Waals surface area contributed by atoms with Crippen LogP contribution in [0.15, 0.2) is 36.4 Å². The van der Waals surface area contributed by atoms with Crippen LogP contribution >= 0.6 is 11.6 Å². The molecule has 0 saturated carbocycles. The van der Waals surface area contributed by atoms with Gasteiger partial charge in [0.05, 0.1) is 6.10 Å². The molecule has 0 aliphatic carbocycles. The third-order valence-corrected chi connectivity index (χ3v) is 3.91. The smallest absolute Gasteiger partial charge is 0.124 e. The Bertz CT molecular complexity index is 624. The molecule has 0 saturated heterocycles. The van der Waals surface area contributed by atoms with Gasteiger partial charge in [-0.3, -0.25) is 0 Å². The van der Waals surface area contributed by atoms with Gasteiger partial charge in [0.25, 0.3) is 0 Å². The average molecular weight is 308 g/mol. The van der Waals surface area contributed by atoms with E-state index in [1.807, 2.05) is 32.0 Å². The molecule has 112 valence electrons. The lowest BCUT2D eigenvalue weighted by Gasteiger charge is -2.24. The van der Waals surface area contributed by atoms with Crippen molar-refractivity contribution in [2.24, 2.45) is 5.73 Å². The number of aliphatic hydroxyl groups excluding tert-OH is 1. The van der Waals surface area contributed by atoms with Gasteiger partial charge in [0.1, 0.15) is 5.82 Å². The van der Waals surface area contributed by atoms with Gasteiger partial charge in [0, 0.05) is 17.5 Å². The number of hydrogen-bond acceptors (Lipinski definition) is 2. The predicted octanol–water partition coefficient (Wildman–Crippen LogP) is 3.87. The molecule has 0 fully saturated rings. The number of nitrogens with two attached hydrogens (primary N) is 1. The van der Waals surface area contributed by atoms with Crippen molar-refractivity contribution in [3.05, 3.63) is 69.5 Å². The monoisotopic (exact) mass is 307 g/mol. The molecule has 4 heteroatoms. The van der Waals surface area contributed by atoms with E-state index < -0.39 is 11.9 Å². The fourth-order valence-electron chi connectivity index (χ4n) is 2.64. The summed E-state index contributed by atoms with van der Waals surface area (Å²) < 4.78 is 13.2. The van der Waals surface area contributed by atoms with Crippen molar-refractivity contribution in [2.75, 3.05) is 6.54 Å². The van der Waals surface area contributed by atoms with E-state index in [1.54, 1.807) is 6.07 Å². The van der Waals surface area contributed by atoms with Gasteiger partial charge in [-0.25, -0.2) is 4.39 Å². The second-order valence-corrected chi connectivity index (χ2v) is 5.78. The first-order chi connectivity index (χ1) is 9.92. The summed E-state index contributed by atoms with van der Waals surface area (Å²) in [4.78, 5) is 0. The summed E-state index contributed by atoms with van der Waals surface area (Å²) in [5.41, 5.74) is 9.42. The summed E-state index contributed by atoms with van der Waals surface area (Å²) in [6, 6.07) is 10.1. The van der Waals surface area contributed by atoms with Crippen molar-refractivity contribution in [3.63, 3.8) is 0 Å². The first-order valence-electron chi connectivity index (χ1n) is 6.83. The molecule has 21 heavy (non-hydrogen) atoms. The molecule has 0 spiro atoms. The van der Waals surface area contributed by atoms with E-state index in [1.165, 1.54) is 12.1 Å². The number of aliphatic hydroxyl groups is 1. The van der Waals surface area contributed by atoms with Crippen molar-refractivity contribution in [1.82, 2.24) is 0 Å². The van der Waals surface area contributed by atoms with Gasteiger partial charge >= 0.3 is 0 Å². The van der Waals surface area contributed by atoms with Crippen LogP contribution in [0.5, 0.6) is 0 Å². The van der Waals surface area contributed by atoms with Gasteiger partial charge in [0.2, 0.25) is 0 Å². The summed E-state index contributed by atoms with van der Waals surface area (Å²) >= 11 is 6.09. The van der Waals surface area contributed by atoms with Crippen molar-refractivity contribution in [1.29, 1.82) is 0 Å². The van der Waals surface area contributed by atoms with Gasteiger partial charge in [-0.15, -0.1) is 0 Å². The Kier molecular flexibility index (Phi) is 4.99. The Morgan fingerprint density at radius 3 is 2.29 bits per heavy atom. The van der Waals surface area contributed by atoms with Crippen LogP contribution in [-0.2, 0) is 0 Å². The highest BCUT2D eigenvalue weighted by Crippen LogP contribution is 2.35. The Balaban J connectivity index is 2.40. The zero-order chi connectivity index (χ0) is 15.6. The van der Waals surface area contributed by atoms with Crippen molar-refractivity contribution < 1.29 is 9.50 Å². The minimum absolute atomic E-state index is 0.222. The number of halogens is 2. The Morgan fingerprint density at radius 1 is 1.14 bits per heavy atom. The molecule has 2 aromatic rings. The SMILES string of the molecule is Cc1cc(C)cc(C(O)C(CN)c2ccc(F)cc2Cl)c1. The zero-order valence-electron chi connectivity index (χ0n) is 12.1. The second kappa shape index (κ2) is 6.56. The Morgan fingerprint density at radius 2 is 1.76 bits per heavy atom. The largest absolute Gasteiger partial charge is 0.388 e. The van der Waals surface area contributed by atoms with Crippen molar-refractivity contribution >= 4 is 11.6 Å².